The fourth-order valence-corrected chi connectivity index (χ4v) is 3.42. The van der Waals surface area contributed by atoms with Gasteiger partial charge in [-0.3, -0.25) is 9.78 Å². The quantitative estimate of drug-likeness (QED) is 0.565. The van der Waals surface area contributed by atoms with Crippen molar-refractivity contribution in [1.29, 1.82) is 10.5 Å². The lowest BCUT2D eigenvalue weighted by atomic mass is 9.90. The van der Waals surface area contributed by atoms with E-state index in [0.29, 0.717) is 34.4 Å². The Hall–Kier alpha value is -4.23. The molecule has 0 aliphatic heterocycles. The molecule has 7 nitrogen and oxygen atoms in total. The highest BCUT2D eigenvalue weighted by molar-refractivity contribution is 6.04. The zero-order valence-corrected chi connectivity index (χ0v) is 18.8. The van der Waals surface area contributed by atoms with Gasteiger partial charge in [0.05, 0.1) is 22.7 Å². The van der Waals surface area contributed by atoms with Gasteiger partial charge in [-0.05, 0) is 75.1 Å². The molecule has 2 heterocycles. The van der Waals surface area contributed by atoms with Crippen molar-refractivity contribution in [3.05, 3.63) is 71.2 Å². The van der Waals surface area contributed by atoms with Crippen LogP contribution in [0, 0.1) is 29.6 Å². The Kier molecular flexibility index (Phi) is 5.81. The summed E-state index contributed by atoms with van der Waals surface area (Å²) in [6.07, 6.45) is 5.49. The molecule has 1 aliphatic rings. The molecule has 0 bridgehead atoms. The molecular weight excluding hydrogens is 412 g/mol. The first-order chi connectivity index (χ1) is 15.8. The van der Waals surface area contributed by atoms with E-state index in [9.17, 15) is 15.3 Å². The summed E-state index contributed by atoms with van der Waals surface area (Å²) < 4.78 is 0. The van der Waals surface area contributed by atoms with Gasteiger partial charge in [-0.1, -0.05) is 6.07 Å². The average molecular weight is 437 g/mol. The molecule has 1 saturated carbocycles. The zero-order chi connectivity index (χ0) is 23.6. The minimum Gasteiger partial charge on any atom is -0.366 e. The lowest BCUT2D eigenvalue weighted by Gasteiger charge is -2.15. The summed E-state index contributed by atoms with van der Waals surface area (Å²) in [5, 5.41) is 25.1. The molecule has 3 aromatic rings. The van der Waals surface area contributed by atoms with Crippen LogP contribution in [0.5, 0.6) is 0 Å². The monoisotopic (exact) mass is 436 g/mol. The second-order valence-electron chi connectivity index (χ2n) is 8.80. The molecule has 2 N–H and O–H groups in total. The number of hydrogen-bond acceptors (Lipinski definition) is 6. The van der Waals surface area contributed by atoms with Gasteiger partial charge in [-0.25, -0.2) is 4.98 Å². The number of benzene rings is 1. The molecule has 0 radical (unpaired) electrons. The molecule has 1 aliphatic carbocycles. The van der Waals surface area contributed by atoms with Crippen molar-refractivity contribution in [2.24, 2.45) is 0 Å². The van der Waals surface area contributed by atoms with E-state index in [-0.39, 0.29) is 5.91 Å². The maximum atomic E-state index is 12.9. The highest BCUT2D eigenvalue weighted by Gasteiger charge is 2.24. The van der Waals surface area contributed by atoms with Crippen LogP contribution in [0.2, 0.25) is 0 Å². The molecule has 0 spiro atoms. The molecule has 7 heteroatoms. The topological polar surface area (TPSA) is 114 Å². The van der Waals surface area contributed by atoms with Crippen LogP contribution >= 0.6 is 0 Å². The van der Waals surface area contributed by atoms with Crippen molar-refractivity contribution in [1.82, 2.24) is 9.97 Å². The van der Waals surface area contributed by atoms with Gasteiger partial charge in [0.15, 0.2) is 0 Å². The van der Waals surface area contributed by atoms with Crippen molar-refractivity contribution >= 4 is 17.4 Å². The van der Waals surface area contributed by atoms with Gasteiger partial charge in [0, 0.05) is 35.2 Å². The molecule has 0 atom stereocenters. The van der Waals surface area contributed by atoms with Crippen LogP contribution in [0.15, 0.2) is 48.8 Å². The number of nitrogens with one attached hydrogen (secondary N) is 2. The van der Waals surface area contributed by atoms with E-state index in [1.165, 1.54) is 6.20 Å². The molecule has 0 saturated heterocycles. The third kappa shape index (κ3) is 4.83. The van der Waals surface area contributed by atoms with E-state index in [1.54, 1.807) is 32.2 Å². The fraction of sp³-hybridized carbons (Fsp3) is 0.269. The first-order valence-electron chi connectivity index (χ1n) is 10.8. The van der Waals surface area contributed by atoms with Gasteiger partial charge in [0.1, 0.15) is 11.9 Å². The van der Waals surface area contributed by atoms with Crippen LogP contribution in [-0.2, 0) is 5.41 Å². The number of nitriles is 2. The zero-order valence-electron chi connectivity index (χ0n) is 18.8. The Labute approximate surface area is 193 Å². The number of carbonyl (C=O) groups is 1. The van der Waals surface area contributed by atoms with Gasteiger partial charge >= 0.3 is 0 Å². The van der Waals surface area contributed by atoms with Crippen LogP contribution in [0.3, 0.4) is 0 Å². The molecule has 33 heavy (non-hydrogen) atoms. The average Bonchev–Trinajstić information content (AvgIpc) is 3.65. The number of anilines is 2. The second-order valence-corrected chi connectivity index (χ2v) is 8.80. The molecular formula is C26H24N6O. The second kappa shape index (κ2) is 8.72. The summed E-state index contributed by atoms with van der Waals surface area (Å²) in [5.41, 5.74) is 3.99. The first kappa shape index (κ1) is 22.0. The Balaban J connectivity index is 1.59. The lowest BCUT2D eigenvalue weighted by molar-refractivity contribution is 0.102. The summed E-state index contributed by atoms with van der Waals surface area (Å²) in [5.74, 6) is 0.321. The van der Waals surface area contributed by atoms with Gasteiger partial charge in [-0.2, -0.15) is 10.5 Å². The van der Waals surface area contributed by atoms with Crippen molar-refractivity contribution in [2.75, 3.05) is 10.6 Å². The summed E-state index contributed by atoms with van der Waals surface area (Å²) >= 11 is 0. The number of carbonyl (C=O) groups excluding carboxylic acids is 1. The Bertz CT molecular complexity index is 1310. The van der Waals surface area contributed by atoms with Gasteiger partial charge in [0.2, 0.25) is 0 Å². The number of aryl methyl sites for hydroxylation is 1. The highest BCUT2D eigenvalue weighted by atomic mass is 16.1. The van der Waals surface area contributed by atoms with E-state index >= 15 is 0 Å². The van der Waals surface area contributed by atoms with E-state index in [1.807, 2.05) is 31.2 Å². The maximum absolute atomic E-state index is 12.9. The predicted molar refractivity (Wildman–Crippen MR) is 127 cm³/mol. The van der Waals surface area contributed by atoms with Crippen molar-refractivity contribution < 1.29 is 4.79 Å². The number of amides is 1. The van der Waals surface area contributed by atoms with E-state index in [0.717, 1.165) is 29.5 Å². The lowest BCUT2D eigenvalue weighted by Crippen LogP contribution is -2.18. The van der Waals surface area contributed by atoms with Crippen LogP contribution in [0.4, 0.5) is 11.5 Å². The SMILES string of the molecule is Cc1ccc(NC(=O)c2ccnc(C(C)(C)C#N)c2)cc1-c1cnc(NC2CC2)c(C#N)c1. The number of aromatic nitrogens is 2. The summed E-state index contributed by atoms with van der Waals surface area (Å²) in [6.45, 7) is 5.50. The van der Waals surface area contributed by atoms with E-state index < -0.39 is 5.41 Å². The number of nitrogens with zero attached hydrogens (tertiary/aromatic N) is 4. The Morgan fingerprint density at radius 1 is 1.12 bits per heavy atom. The predicted octanol–water partition coefficient (Wildman–Crippen LogP) is 4.95. The van der Waals surface area contributed by atoms with Gasteiger partial charge in [0.25, 0.3) is 5.91 Å². The Morgan fingerprint density at radius 2 is 1.91 bits per heavy atom. The third-order valence-corrected chi connectivity index (χ3v) is 5.67. The largest absolute Gasteiger partial charge is 0.366 e. The summed E-state index contributed by atoms with van der Waals surface area (Å²) in [7, 11) is 0. The van der Waals surface area contributed by atoms with Crippen LogP contribution < -0.4 is 10.6 Å². The standard InChI is InChI=1S/C26H24N6O/c1-16-4-5-21(32-25(33)17-8-9-29-23(11-17)26(2,3)15-28)12-22(16)19-10-18(13-27)24(30-14-19)31-20-6-7-20/h4-5,8-12,14,20H,6-7H2,1-3H3,(H,30,31)(H,32,33). The highest BCUT2D eigenvalue weighted by Crippen LogP contribution is 2.31. The summed E-state index contributed by atoms with van der Waals surface area (Å²) in [6, 6.07) is 15.6. The minimum absolute atomic E-state index is 0.290. The normalized spacial score (nSPS) is 13.0. The first-order valence-corrected chi connectivity index (χ1v) is 10.8. The third-order valence-electron chi connectivity index (χ3n) is 5.67. The Morgan fingerprint density at radius 3 is 2.61 bits per heavy atom. The smallest absolute Gasteiger partial charge is 0.255 e. The molecule has 1 fully saturated rings. The number of pyridine rings is 2. The van der Waals surface area contributed by atoms with Crippen molar-refractivity contribution in [2.45, 2.75) is 45.1 Å². The van der Waals surface area contributed by atoms with Crippen molar-refractivity contribution in [3.63, 3.8) is 0 Å². The minimum atomic E-state index is -0.792. The molecule has 2 aromatic heterocycles. The van der Waals surface area contributed by atoms with Crippen LogP contribution in [0.1, 0.15) is 53.9 Å². The molecule has 0 unspecified atom stereocenters. The molecule has 1 amide bonds. The van der Waals surface area contributed by atoms with Gasteiger partial charge < -0.3 is 10.6 Å². The number of hydrogen-bond donors (Lipinski definition) is 2. The molecule has 4 rings (SSSR count). The maximum Gasteiger partial charge on any atom is 0.255 e. The van der Waals surface area contributed by atoms with E-state index in [2.05, 4.69) is 32.7 Å². The molecule has 164 valence electrons. The van der Waals surface area contributed by atoms with E-state index in [4.69, 9.17) is 0 Å². The molecule has 1 aromatic carbocycles. The fourth-order valence-electron chi connectivity index (χ4n) is 3.42. The van der Waals surface area contributed by atoms with Crippen molar-refractivity contribution in [3.8, 4) is 23.3 Å². The number of rotatable bonds is 6. The van der Waals surface area contributed by atoms with Crippen LogP contribution in [0.25, 0.3) is 11.1 Å². The van der Waals surface area contributed by atoms with Gasteiger partial charge in [-0.15, -0.1) is 0 Å². The summed E-state index contributed by atoms with van der Waals surface area (Å²) in [4.78, 5) is 21.6. The van der Waals surface area contributed by atoms with Crippen LogP contribution in [-0.4, -0.2) is 21.9 Å².